The highest BCUT2D eigenvalue weighted by atomic mass is 31.2. The van der Waals surface area contributed by atoms with Gasteiger partial charge in [0.25, 0.3) is 16.7 Å². The molecule has 764 valence electrons. The maximum atomic E-state index is 14.3. The molecule has 62 heteroatoms. The van der Waals surface area contributed by atoms with Crippen molar-refractivity contribution in [3.05, 3.63) is 120 Å². The van der Waals surface area contributed by atoms with Crippen molar-refractivity contribution in [1.82, 2.24) is 127 Å². The number of H-pyrrole nitrogens is 3. The highest BCUT2D eigenvalue weighted by Gasteiger charge is 2.53. The van der Waals surface area contributed by atoms with Crippen molar-refractivity contribution < 1.29 is 114 Å². The molecule has 0 saturated carbocycles. The number of fused-ring (bicyclic) bond motifs is 4. The first-order valence-electron chi connectivity index (χ1n) is 44.0. The van der Waals surface area contributed by atoms with E-state index in [0.29, 0.717) is 72.4 Å². The van der Waals surface area contributed by atoms with Crippen molar-refractivity contribution in [2.24, 2.45) is 0 Å². The SMILES string of the molecule is COC1[C@@H](O)[C@@H](COP(=O)(NCCCN(C)C)O[C@@H]2C[C@H](n3cc(C)c(=O)[nH]c3=O)O[C@@H]2CO)O[C@H]1n1cnc2c(N)ncnc21.COC1[C@@H](O)[C@@H](COP(=O)(NCCCN(C)C)O[C@@H]2C[C@H](n3cnc4c(N)ncnc43)O[C@@H]2CO)O[C@H]1n1ccc(=O)[nH]c1=O.COC1[C@@H](O)[C@@H](COP(=O)(NCCCN(C)C)O[C@@H]2C[C@H](n3cnc4c(N)ncnc43)O[C@@H]2CO)O[C@H]1n1cnc2c(=O)[nH]c(N)nc21. The summed E-state index contributed by atoms with van der Waals surface area (Å²) in [6.07, 6.45) is -6.16. The Hall–Kier alpha value is -9.83. The zero-order valence-electron chi connectivity index (χ0n) is 77.3. The molecular weight excluding hydrogens is 1900 g/mol. The number of anilines is 4. The number of nitrogens with zero attached hydrogens (tertiary/aromatic N) is 20. The molecule has 24 atom stereocenters. The fourth-order valence-electron chi connectivity index (χ4n) is 16.4. The first-order chi connectivity index (χ1) is 66.5. The Morgan fingerprint density at radius 3 is 1.15 bits per heavy atom. The maximum Gasteiger partial charge on any atom is 0.405 e. The summed E-state index contributed by atoms with van der Waals surface area (Å²) in [5.41, 5.74) is 23.2. The van der Waals surface area contributed by atoms with Gasteiger partial charge in [-0.05, 0) is 88.1 Å². The molecule has 16 heterocycles. The molecule has 6 fully saturated rings. The van der Waals surface area contributed by atoms with Crippen LogP contribution in [0.1, 0.15) is 81.5 Å². The van der Waals surface area contributed by atoms with Crippen LogP contribution >= 0.6 is 23.2 Å². The van der Waals surface area contributed by atoms with Crippen LogP contribution in [-0.4, -0.2) is 377 Å². The highest BCUT2D eigenvalue weighted by molar-refractivity contribution is 7.52. The molecular formula is C77H117N30O29P3. The van der Waals surface area contributed by atoms with Crippen LogP contribution in [0.15, 0.2) is 86.7 Å². The van der Waals surface area contributed by atoms with Gasteiger partial charge in [-0.25, -0.2) is 88.4 Å². The highest BCUT2D eigenvalue weighted by Crippen LogP contribution is 2.54. The van der Waals surface area contributed by atoms with Gasteiger partial charge in [-0.1, -0.05) is 0 Å². The Morgan fingerprint density at radius 2 is 0.784 bits per heavy atom. The van der Waals surface area contributed by atoms with Crippen LogP contribution in [0.4, 0.5) is 23.4 Å². The van der Waals surface area contributed by atoms with Crippen molar-refractivity contribution >= 4 is 91.3 Å². The molecule has 6 saturated heterocycles. The third-order valence-electron chi connectivity index (χ3n) is 23.5. The number of nitrogen functional groups attached to an aromatic ring is 4. The van der Waals surface area contributed by atoms with E-state index < -0.39 is 207 Å². The van der Waals surface area contributed by atoms with E-state index >= 15 is 0 Å². The molecule has 139 heavy (non-hydrogen) atoms. The summed E-state index contributed by atoms with van der Waals surface area (Å²) in [6.45, 7) is 1.80. The molecule has 6 aliphatic heterocycles. The van der Waals surface area contributed by atoms with Crippen LogP contribution in [0.3, 0.4) is 0 Å². The van der Waals surface area contributed by atoms with Crippen LogP contribution in [0.25, 0.3) is 44.7 Å². The number of aliphatic hydroxyl groups excluding tert-OH is 6. The first kappa shape index (κ1) is 105. The topological polar surface area (TPSA) is 765 Å². The normalized spacial score (nSPS) is 27.9. The zero-order valence-corrected chi connectivity index (χ0v) is 80.0. The molecule has 0 amide bonds. The number of hydrogen-bond acceptors (Lipinski definition) is 47. The average molecular weight is 2020 g/mol. The molecule has 0 aliphatic carbocycles. The van der Waals surface area contributed by atoms with Gasteiger partial charge in [0.1, 0.15) is 146 Å². The van der Waals surface area contributed by atoms with Crippen molar-refractivity contribution in [2.75, 3.05) is 165 Å². The monoisotopic (exact) mass is 2020 g/mol. The second-order valence-electron chi connectivity index (χ2n) is 33.9. The molecule has 0 bridgehead atoms. The number of imidazole rings is 4. The van der Waals surface area contributed by atoms with Gasteiger partial charge in [0.05, 0.1) is 65.0 Å². The standard InChI is InChI=1S/C26H39N12O9P.C26H40N9O10P.C25H38N9O10P/c1-36(2)6-4-5-33-48(42,47-13-7-16(45-14(13)8-39)37-11-31-17-21(27)29-10-30-22(17)37)44-9-15-19(40)20(43-3)25(46-15)38-12-32-18-23(38)34-26(28)35-24(18)41;1-14-9-34(26(39)32-24(14)38)18-8-15(16(10-36)43-18)45-46(40,31-6-5-7-33(2)3)42-11-17-20(37)21(41-4)25(44-17)35-13-30-19-22(27)28-12-29-23(19)35;1-32(2)7-4-6-30-45(39,41-11-16-20(37)21(40-3)24(43-16)33-8-5-17(36)31-25(33)38)44-14-9-18(42-15(14)10-35)34-13-29-19-22(26)27-12-28-23(19)34/h10-16,19-20,25,39-40H,4-9H2,1-3H3,(H,33,42)(H2,27,29,30)(H3,28,34,35,41);9,12-13,15-18,20-21,25,36-37H,5-8,10-11H2,1-4H3,(H,31,40)(H2,27,28,29)(H,32,38,39);5,8,12-16,18,20-21,24,35,37H,4,6-7,9-11H2,1-3H3,(H,30,39)(H2,26,27,28)(H,31,36,38)/t13-,14-,15-,16-,19+,20?,25-,48?;15-,16-,17-,18-,20+,21?,25-,46?;14-,15-,16-,18-,20+,21?,24-,45?/m111/s1. The van der Waals surface area contributed by atoms with Gasteiger partial charge in [0.2, 0.25) is 5.95 Å². The van der Waals surface area contributed by atoms with E-state index in [1.54, 1.807) is 13.7 Å². The average Bonchev–Trinajstić information content (AvgIpc) is 1.64. The molecule has 16 rings (SSSR count). The van der Waals surface area contributed by atoms with Crippen LogP contribution in [-0.2, 0) is 83.5 Å². The summed E-state index contributed by atoms with van der Waals surface area (Å²) in [7, 11) is 3.16. The lowest BCUT2D eigenvalue weighted by Crippen LogP contribution is -2.39. The minimum atomic E-state index is -4.15. The predicted molar refractivity (Wildman–Crippen MR) is 487 cm³/mol. The number of ether oxygens (including phenoxy) is 9. The smallest absolute Gasteiger partial charge is 0.394 e. The van der Waals surface area contributed by atoms with Gasteiger partial charge < -0.3 is 111 Å². The van der Waals surface area contributed by atoms with Crippen molar-refractivity contribution in [1.29, 1.82) is 0 Å². The number of aromatic amines is 3. The van der Waals surface area contributed by atoms with E-state index in [2.05, 4.69) is 85.0 Å². The lowest BCUT2D eigenvalue weighted by Gasteiger charge is -2.26. The van der Waals surface area contributed by atoms with Gasteiger partial charge in [-0.2, -0.15) is 4.98 Å². The Kier molecular flexibility index (Phi) is 34.8. The number of aliphatic hydroxyl groups is 6. The number of hydrogen-bond donors (Lipinski definition) is 16. The Labute approximate surface area is 789 Å². The largest absolute Gasteiger partial charge is 0.405 e. The quantitative estimate of drug-likeness (QED) is 0.0129. The maximum absolute atomic E-state index is 14.3. The van der Waals surface area contributed by atoms with Crippen molar-refractivity contribution in [3.8, 4) is 0 Å². The number of nitrogens with two attached hydrogens (primary N) is 4. The first-order valence-corrected chi connectivity index (χ1v) is 48.6. The number of nitrogens with one attached hydrogen (secondary N) is 6. The number of rotatable bonds is 42. The van der Waals surface area contributed by atoms with Gasteiger partial charge in [0, 0.05) is 84.2 Å². The van der Waals surface area contributed by atoms with E-state index in [9.17, 15) is 68.3 Å². The summed E-state index contributed by atoms with van der Waals surface area (Å²) < 4.78 is 139. The van der Waals surface area contributed by atoms with Gasteiger partial charge in [-0.15, -0.1) is 0 Å². The Morgan fingerprint density at radius 1 is 0.439 bits per heavy atom. The minimum absolute atomic E-state index is 0.0123. The molecule has 10 aromatic rings. The van der Waals surface area contributed by atoms with Crippen molar-refractivity contribution in [3.63, 3.8) is 0 Å². The molecule has 6 unspecified atom stereocenters. The summed E-state index contributed by atoms with van der Waals surface area (Å²) in [6, 6.07) is 1.14. The van der Waals surface area contributed by atoms with Gasteiger partial charge in [-0.3, -0.25) is 83.9 Å². The third-order valence-corrected chi connectivity index (χ3v) is 28.5. The van der Waals surface area contributed by atoms with Gasteiger partial charge >= 0.3 is 34.6 Å². The van der Waals surface area contributed by atoms with Crippen molar-refractivity contribution in [2.45, 2.75) is 174 Å². The lowest BCUT2D eigenvalue weighted by molar-refractivity contribution is -0.0634. The molecule has 10 aromatic heterocycles. The summed E-state index contributed by atoms with van der Waals surface area (Å²) in [5, 5.41) is 72.2. The summed E-state index contributed by atoms with van der Waals surface area (Å²) in [4.78, 5) is 119. The fourth-order valence-corrected chi connectivity index (χ4v) is 21.2. The molecule has 6 aliphatic rings. The van der Waals surface area contributed by atoms with E-state index in [-0.39, 0.29) is 92.2 Å². The second kappa shape index (κ2) is 46.0. The number of methoxy groups -OCH3 is 3. The fraction of sp³-hybridized carbons (Fsp3) is 0.636. The van der Waals surface area contributed by atoms with E-state index in [1.165, 1.54) is 94.1 Å². The van der Waals surface area contributed by atoms with Crippen LogP contribution in [0.5, 0.6) is 0 Å². The molecule has 20 N–H and O–H groups in total. The number of aryl methyl sites for hydroxylation is 1. The molecule has 0 aromatic carbocycles. The summed E-state index contributed by atoms with van der Waals surface area (Å²) in [5.74, 6) is 0.447. The lowest BCUT2D eigenvalue weighted by atomic mass is 10.1. The van der Waals surface area contributed by atoms with E-state index in [1.807, 2.05) is 57.0 Å². The summed E-state index contributed by atoms with van der Waals surface area (Å²) >= 11 is 0. The van der Waals surface area contributed by atoms with E-state index in [0.717, 1.165) is 10.6 Å². The van der Waals surface area contributed by atoms with E-state index in [4.69, 9.17) is 92.7 Å². The molecule has 0 spiro atoms. The van der Waals surface area contributed by atoms with Crippen LogP contribution in [0, 0.1) is 6.92 Å². The Bertz CT molecular complexity index is 6290. The van der Waals surface area contributed by atoms with Crippen LogP contribution in [0.2, 0.25) is 0 Å². The second-order valence-corrected chi connectivity index (χ2v) is 39.3. The third kappa shape index (κ3) is 24.2. The molecule has 59 nitrogen and oxygen atoms in total. The van der Waals surface area contributed by atoms with Crippen LogP contribution < -0.4 is 66.3 Å². The van der Waals surface area contributed by atoms with Gasteiger partial charge in [0.15, 0.2) is 64.2 Å². The predicted octanol–water partition coefficient (Wildman–Crippen LogP) is -3.84. The zero-order chi connectivity index (χ0) is 99.6. The Balaban J connectivity index is 0.000000166. The number of aromatic nitrogens is 20. The molecule has 0 radical (unpaired) electrons. The minimum Gasteiger partial charge on any atom is -0.394 e.